The van der Waals surface area contributed by atoms with Crippen molar-refractivity contribution in [2.24, 2.45) is 0 Å². The molecule has 0 fully saturated rings. The number of fused-ring (bicyclic) bond motifs is 1. The number of hydrogen-bond acceptors (Lipinski definition) is 0. The predicted octanol–water partition coefficient (Wildman–Crippen LogP) is 3.69. The van der Waals surface area contributed by atoms with Crippen LogP contribution in [0.2, 0.25) is 0 Å². The van der Waals surface area contributed by atoms with Gasteiger partial charge in [0.1, 0.15) is 0 Å². The fraction of sp³-hybridized carbons (Fsp3) is 0.385. The predicted molar refractivity (Wildman–Crippen MR) is 58.0 cm³/mol. The molecule has 0 saturated heterocycles. The summed E-state index contributed by atoms with van der Waals surface area (Å²) in [4.78, 5) is 0. The Morgan fingerprint density at radius 1 is 1.23 bits per heavy atom. The maximum absolute atomic E-state index is 2.28. The lowest BCUT2D eigenvalue weighted by Crippen LogP contribution is -1.97. The van der Waals surface area contributed by atoms with E-state index in [0.29, 0.717) is 5.92 Å². The number of benzene rings is 1. The van der Waals surface area contributed by atoms with Gasteiger partial charge in [0.15, 0.2) is 0 Å². The first kappa shape index (κ1) is 8.55. The van der Waals surface area contributed by atoms with Gasteiger partial charge in [0.05, 0.1) is 0 Å². The minimum absolute atomic E-state index is 0.637. The molecular formula is C13H16. The Morgan fingerprint density at radius 3 is 2.69 bits per heavy atom. The fourth-order valence-corrected chi connectivity index (χ4v) is 2.24. The third-order valence-corrected chi connectivity index (χ3v) is 2.80. The summed E-state index contributed by atoms with van der Waals surface area (Å²) in [6.45, 7) is 6.76. The third-order valence-electron chi connectivity index (χ3n) is 2.80. The maximum atomic E-state index is 2.28. The highest BCUT2D eigenvalue weighted by Gasteiger charge is 2.13. The number of aryl methyl sites for hydroxylation is 1. The average molecular weight is 172 g/mol. The van der Waals surface area contributed by atoms with Crippen molar-refractivity contribution in [1.82, 2.24) is 0 Å². The third kappa shape index (κ3) is 1.31. The van der Waals surface area contributed by atoms with Crippen LogP contribution in [0.25, 0.3) is 6.08 Å². The lowest BCUT2D eigenvalue weighted by Gasteiger charge is -2.14. The van der Waals surface area contributed by atoms with Crippen LogP contribution in [-0.4, -0.2) is 0 Å². The monoisotopic (exact) mass is 172 g/mol. The van der Waals surface area contributed by atoms with Gasteiger partial charge in [0.25, 0.3) is 0 Å². The smallest absolute Gasteiger partial charge is 0.00881 e. The van der Waals surface area contributed by atoms with Crippen LogP contribution in [0.5, 0.6) is 0 Å². The summed E-state index contributed by atoms with van der Waals surface area (Å²) in [6.07, 6.45) is 5.66. The number of rotatable bonds is 1. The summed E-state index contributed by atoms with van der Waals surface area (Å²) < 4.78 is 0. The molecule has 1 aromatic carbocycles. The van der Waals surface area contributed by atoms with Crippen LogP contribution < -0.4 is 0 Å². The van der Waals surface area contributed by atoms with Crippen LogP contribution in [0.1, 0.15) is 42.0 Å². The zero-order valence-electron chi connectivity index (χ0n) is 8.59. The molecule has 2 rings (SSSR count). The van der Waals surface area contributed by atoms with E-state index in [9.17, 15) is 0 Å². The molecule has 0 nitrogen and oxygen atoms in total. The molecular weight excluding hydrogens is 156 g/mol. The molecule has 0 amide bonds. The average Bonchev–Trinajstić information content (AvgIpc) is 2.50. The number of allylic oxidation sites excluding steroid dienone is 1. The first-order chi connectivity index (χ1) is 6.20. The molecule has 13 heavy (non-hydrogen) atoms. The van der Waals surface area contributed by atoms with Crippen LogP contribution >= 0.6 is 0 Å². The standard InChI is InChI=1S/C13H16/c1-9(2)13-10(3)7-8-11-5-4-6-12(11)13/h4,6-9H,5H2,1-3H3. The van der Waals surface area contributed by atoms with Crippen molar-refractivity contribution in [1.29, 1.82) is 0 Å². The highest BCUT2D eigenvalue weighted by atomic mass is 14.2. The van der Waals surface area contributed by atoms with E-state index in [1.165, 1.54) is 22.3 Å². The Balaban J connectivity index is 2.64. The van der Waals surface area contributed by atoms with Crippen LogP contribution in [-0.2, 0) is 6.42 Å². The fourth-order valence-electron chi connectivity index (χ4n) is 2.24. The van der Waals surface area contributed by atoms with Gasteiger partial charge >= 0.3 is 0 Å². The van der Waals surface area contributed by atoms with Crippen LogP contribution in [0.4, 0.5) is 0 Å². The highest BCUT2D eigenvalue weighted by molar-refractivity contribution is 5.65. The highest BCUT2D eigenvalue weighted by Crippen LogP contribution is 2.30. The van der Waals surface area contributed by atoms with Gasteiger partial charge in [-0.2, -0.15) is 0 Å². The molecule has 0 heterocycles. The second-order valence-corrected chi connectivity index (χ2v) is 4.13. The molecule has 0 unspecified atom stereocenters. The summed E-state index contributed by atoms with van der Waals surface area (Å²) in [6, 6.07) is 4.51. The normalized spacial score (nSPS) is 13.8. The van der Waals surface area contributed by atoms with Gasteiger partial charge in [0.2, 0.25) is 0 Å². The van der Waals surface area contributed by atoms with Crippen molar-refractivity contribution >= 4 is 6.08 Å². The van der Waals surface area contributed by atoms with Gasteiger partial charge in [-0.15, -0.1) is 0 Å². The molecule has 0 aliphatic heterocycles. The lowest BCUT2D eigenvalue weighted by molar-refractivity contribution is 0.852. The van der Waals surface area contributed by atoms with Crippen LogP contribution in [0, 0.1) is 6.92 Å². The van der Waals surface area contributed by atoms with E-state index in [0.717, 1.165) is 6.42 Å². The molecule has 0 atom stereocenters. The largest absolute Gasteiger partial charge is 0.0795 e. The zero-order chi connectivity index (χ0) is 9.42. The van der Waals surface area contributed by atoms with Gasteiger partial charge in [0, 0.05) is 0 Å². The van der Waals surface area contributed by atoms with Crippen molar-refractivity contribution in [3.8, 4) is 0 Å². The Bertz CT molecular complexity index is 357. The Morgan fingerprint density at radius 2 is 2.00 bits per heavy atom. The van der Waals surface area contributed by atoms with E-state index in [1.807, 2.05) is 0 Å². The number of hydrogen-bond donors (Lipinski definition) is 0. The van der Waals surface area contributed by atoms with Gasteiger partial charge in [-0.3, -0.25) is 0 Å². The van der Waals surface area contributed by atoms with Crippen molar-refractivity contribution in [3.63, 3.8) is 0 Å². The minimum atomic E-state index is 0.637. The summed E-state index contributed by atoms with van der Waals surface area (Å²) in [5.74, 6) is 0.637. The van der Waals surface area contributed by atoms with E-state index >= 15 is 0 Å². The van der Waals surface area contributed by atoms with E-state index < -0.39 is 0 Å². The second kappa shape index (κ2) is 3.02. The molecule has 0 N–H and O–H groups in total. The van der Waals surface area contributed by atoms with Crippen LogP contribution in [0.3, 0.4) is 0 Å². The van der Waals surface area contributed by atoms with Gasteiger partial charge in [-0.25, -0.2) is 0 Å². The van der Waals surface area contributed by atoms with Gasteiger partial charge in [-0.05, 0) is 41.5 Å². The summed E-state index contributed by atoms with van der Waals surface area (Å²) in [5.41, 5.74) is 5.94. The van der Waals surface area contributed by atoms with Crippen molar-refractivity contribution < 1.29 is 0 Å². The molecule has 1 aliphatic rings. The van der Waals surface area contributed by atoms with Crippen LogP contribution in [0.15, 0.2) is 18.2 Å². The Kier molecular flexibility index (Phi) is 1.99. The molecule has 68 valence electrons. The Hall–Kier alpha value is -1.04. The van der Waals surface area contributed by atoms with Crippen molar-refractivity contribution in [2.45, 2.75) is 33.1 Å². The van der Waals surface area contributed by atoms with E-state index in [-0.39, 0.29) is 0 Å². The summed E-state index contributed by atoms with van der Waals surface area (Å²) in [5, 5.41) is 0. The molecule has 0 aromatic heterocycles. The summed E-state index contributed by atoms with van der Waals surface area (Å²) >= 11 is 0. The SMILES string of the molecule is Cc1ccc2c(c1C(C)C)C=CC2. The lowest BCUT2D eigenvalue weighted by atomic mass is 9.91. The summed E-state index contributed by atoms with van der Waals surface area (Å²) in [7, 11) is 0. The molecule has 1 aromatic rings. The van der Waals surface area contributed by atoms with E-state index in [2.05, 4.69) is 45.1 Å². The second-order valence-electron chi connectivity index (χ2n) is 4.13. The molecule has 0 radical (unpaired) electrons. The van der Waals surface area contributed by atoms with Crippen molar-refractivity contribution in [3.05, 3.63) is 40.5 Å². The van der Waals surface area contributed by atoms with E-state index in [1.54, 1.807) is 0 Å². The maximum Gasteiger partial charge on any atom is -0.00881 e. The van der Waals surface area contributed by atoms with Gasteiger partial charge < -0.3 is 0 Å². The van der Waals surface area contributed by atoms with E-state index in [4.69, 9.17) is 0 Å². The molecule has 0 saturated carbocycles. The molecule has 0 spiro atoms. The van der Waals surface area contributed by atoms with Gasteiger partial charge in [-0.1, -0.05) is 38.1 Å². The first-order valence-electron chi connectivity index (χ1n) is 4.99. The molecule has 1 aliphatic carbocycles. The topological polar surface area (TPSA) is 0 Å². The first-order valence-corrected chi connectivity index (χ1v) is 4.99. The minimum Gasteiger partial charge on any atom is -0.0795 e. The quantitative estimate of drug-likeness (QED) is 0.606. The molecule has 0 bridgehead atoms. The Labute approximate surface area is 80.3 Å². The zero-order valence-corrected chi connectivity index (χ0v) is 8.59. The molecule has 0 heteroatoms. The van der Waals surface area contributed by atoms with Crippen molar-refractivity contribution in [2.75, 3.05) is 0 Å².